The highest BCUT2D eigenvalue weighted by atomic mass is 32.2. The number of nitrogens with zero attached hydrogens (tertiary/aromatic N) is 1. The lowest BCUT2D eigenvalue weighted by Crippen LogP contribution is -2.50. The Labute approximate surface area is 108 Å². The number of carbonyl (C=O) groups excluding carboxylic acids is 1. The van der Waals surface area contributed by atoms with E-state index in [1.54, 1.807) is 0 Å². The molecule has 1 fully saturated rings. The summed E-state index contributed by atoms with van der Waals surface area (Å²) in [7, 11) is 0. The van der Waals surface area contributed by atoms with Crippen molar-refractivity contribution in [2.75, 3.05) is 25.1 Å². The quantitative estimate of drug-likeness (QED) is 0.794. The van der Waals surface area contributed by atoms with Crippen LogP contribution in [0.15, 0.2) is 0 Å². The van der Waals surface area contributed by atoms with Gasteiger partial charge in [-0.2, -0.15) is 24.9 Å². The first-order chi connectivity index (χ1) is 8.21. The van der Waals surface area contributed by atoms with Crippen LogP contribution in [0.2, 0.25) is 0 Å². The van der Waals surface area contributed by atoms with Gasteiger partial charge in [-0.3, -0.25) is 4.79 Å². The number of rotatable bonds is 4. The Morgan fingerprint density at radius 2 is 2.22 bits per heavy atom. The number of alkyl halides is 3. The van der Waals surface area contributed by atoms with Crippen molar-refractivity contribution in [1.29, 1.82) is 0 Å². The zero-order valence-electron chi connectivity index (χ0n) is 10.0. The number of carbonyl (C=O) groups is 1. The molecule has 2 atom stereocenters. The summed E-state index contributed by atoms with van der Waals surface area (Å²) in [6, 6.07) is -0.798. The molecule has 1 saturated heterocycles. The Morgan fingerprint density at radius 1 is 1.61 bits per heavy atom. The Hall–Kier alpha value is -0.470. The molecule has 0 aromatic carbocycles. The molecule has 8 heteroatoms. The molecule has 1 rings (SSSR count). The number of amides is 1. The van der Waals surface area contributed by atoms with Gasteiger partial charge in [-0.25, -0.2) is 0 Å². The summed E-state index contributed by atoms with van der Waals surface area (Å²) in [5, 5.41) is 9.44. The van der Waals surface area contributed by atoms with Crippen molar-refractivity contribution >= 4 is 17.7 Å². The molecule has 1 aliphatic heterocycles. The fraction of sp³-hybridized carbons (Fsp3) is 0.900. The number of likely N-dealkylation sites (tertiary alicyclic amines) is 1. The lowest BCUT2D eigenvalue weighted by atomic mass is 10.0. The predicted octanol–water partition coefficient (Wildman–Crippen LogP) is 0.592. The highest BCUT2D eigenvalue weighted by molar-refractivity contribution is 7.98. The van der Waals surface area contributed by atoms with Crippen LogP contribution in [0.25, 0.3) is 0 Å². The number of hydrogen-bond acceptors (Lipinski definition) is 4. The van der Waals surface area contributed by atoms with Gasteiger partial charge in [0.2, 0.25) is 5.91 Å². The second-order valence-electron chi connectivity index (χ2n) is 4.43. The van der Waals surface area contributed by atoms with E-state index in [0.717, 1.165) is 4.90 Å². The van der Waals surface area contributed by atoms with Crippen LogP contribution in [0.1, 0.15) is 12.8 Å². The fourth-order valence-corrected chi connectivity index (χ4v) is 2.31. The third kappa shape index (κ3) is 3.30. The van der Waals surface area contributed by atoms with Gasteiger partial charge in [0.05, 0.1) is 12.6 Å². The lowest BCUT2D eigenvalue weighted by Gasteiger charge is -2.26. The highest BCUT2D eigenvalue weighted by Crippen LogP contribution is 2.37. The van der Waals surface area contributed by atoms with Crippen LogP contribution in [0, 0.1) is 0 Å². The summed E-state index contributed by atoms with van der Waals surface area (Å²) in [5.74, 6) is 0.147. The summed E-state index contributed by atoms with van der Waals surface area (Å²) in [5.41, 5.74) is 2.82. The Balaban J connectivity index is 2.59. The van der Waals surface area contributed by atoms with Gasteiger partial charge in [0.25, 0.3) is 0 Å². The molecule has 106 valence electrons. The number of hydrogen-bond donors (Lipinski definition) is 2. The van der Waals surface area contributed by atoms with Gasteiger partial charge in [-0.15, -0.1) is 0 Å². The molecule has 1 amide bonds. The molecular weight excluding hydrogens is 269 g/mol. The monoisotopic (exact) mass is 286 g/mol. The van der Waals surface area contributed by atoms with Crippen LogP contribution < -0.4 is 5.73 Å². The summed E-state index contributed by atoms with van der Waals surface area (Å²) in [4.78, 5) is 12.8. The van der Waals surface area contributed by atoms with Crippen molar-refractivity contribution in [2.45, 2.75) is 30.7 Å². The van der Waals surface area contributed by atoms with Crippen LogP contribution >= 0.6 is 11.8 Å². The molecule has 1 aliphatic rings. The lowest BCUT2D eigenvalue weighted by molar-refractivity contribution is -0.253. The van der Waals surface area contributed by atoms with Crippen LogP contribution in [0.4, 0.5) is 13.2 Å². The van der Waals surface area contributed by atoms with E-state index in [1.807, 2.05) is 6.26 Å². The van der Waals surface area contributed by atoms with Gasteiger partial charge < -0.3 is 15.7 Å². The standard InChI is InChI=1S/C10H17F3N2O2S/c1-18-5-2-7(14)8(16)15-4-3-9(17,6-15)10(11,12)13/h7,17H,2-6,14H2,1H3. The normalized spacial score (nSPS) is 26.4. The van der Waals surface area contributed by atoms with Gasteiger partial charge >= 0.3 is 6.18 Å². The maximum atomic E-state index is 12.6. The maximum Gasteiger partial charge on any atom is 0.419 e. The Bertz CT molecular complexity index is 314. The summed E-state index contributed by atoms with van der Waals surface area (Å²) in [6.07, 6.45) is -2.93. The third-order valence-corrected chi connectivity index (χ3v) is 3.68. The van der Waals surface area contributed by atoms with Crippen LogP contribution in [-0.4, -0.2) is 58.8 Å². The van der Waals surface area contributed by atoms with Gasteiger partial charge in [0.15, 0.2) is 5.60 Å². The number of thioether (sulfide) groups is 1. The average molecular weight is 286 g/mol. The van der Waals surface area contributed by atoms with E-state index in [9.17, 15) is 23.1 Å². The van der Waals surface area contributed by atoms with E-state index >= 15 is 0 Å². The Morgan fingerprint density at radius 3 is 2.67 bits per heavy atom. The second kappa shape index (κ2) is 5.66. The van der Waals surface area contributed by atoms with Crippen LogP contribution in [0.3, 0.4) is 0 Å². The predicted molar refractivity (Wildman–Crippen MR) is 63.2 cm³/mol. The summed E-state index contributed by atoms with van der Waals surface area (Å²) < 4.78 is 37.7. The molecule has 0 aromatic rings. The van der Waals surface area contributed by atoms with Gasteiger partial charge in [0.1, 0.15) is 0 Å². The molecule has 0 saturated carbocycles. The van der Waals surface area contributed by atoms with Gasteiger partial charge in [-0.05, 0) is 18.4 Å². The molecule has 18 heavy (non-hydrogen) atoms. The van der Waals surface area contributed by atoms with E-state index in [1.165, 1.54) is 11.8 Å². The highest BCUT2D eigenvalue weighted by Gasteiger charge is 2.57. The van der Waals surface area contributed by atoms with Crippen molar-refractivity contribution in [3.63, 3.8) is 0 Å². The molecule has 0 aromatic heterocycles. The molecule has 2 unspecified atom stereocenters. The van der Waals surface area contributed by atoms with Crippen LogP contribution in [0.5, 0.6) is 0 Å². The van der Waals surface area contributed by atoms with E-state index in [2.05, 4.69) is 0 Å². The fourth-order valence-electron chi connectivity index (χ4n) is 1.82. The van der Waals surface area contributed by atoms with Crippen LogP contribution in [-0.2, 0) is 4.79 Å². The first-order valence-electron chi connectivity index (χ1n) is 5.54. The molecule has 3 N–H and O–H groups in total. The van der Waals surface area contributed by atoms with Crippen molar-refractivity contribution in [1.82, 2.24) is 4.90 Å². The summed E-state index contributed by atoms with van der Waals surface area (Å²) in [6.45, 7) is -0.829. The minimum atomic E-state index is -4.72. The SMILES string of the molecule is CSCCC(N)C(=O)N1CCC(O)(C(F)(F)F)C1. The van der Waals surface area contributed by atoms with Gasteiger partial charge in [0, 0.05) is 13.0 Å². The van der Waals surface area contributed by atoms with Gasteiger partial charge in [-0.1, -0.05) is 0 Å². The van der Waals surface area contributed by atoms with Crippen molar-refractivity contribution in [3.8, 4) is 0 Å². The largest absolute Gasteiger partial charge is 0.419 e. The van der Waals surface area contributed by atoms with E-state index < -0.39 is 36.7 Å². The number of nitrogens with two attached hydrogens (primary N) is 1. The smallest absolute Gasteiger partial charge is 0.379 e. The number of aliphatic hydroxyl groups is 1. The van der Waals surface area contributed by atoms with Crippen molar-refractivity contribution in [2.24, 2.45) is 5.73 Å². The number of β-amino-alcohol motifs (C(OH)–C–C–N with tert-alkyl or cyclic N) is 1. The second-order valence-corrected chi connectivity index (χ2v) is 5.41. The first-order valence-corrected chi connectivity index (χ1v) is 6.93. The van der Waals surface area contributed by atoms with E-state index in [4.69, 9.17) is 5.73 Å². The first kappa shape index (κ1) is 15.6. The molecular formula is C10H17F3N2O2S. The molecule has 4 nitrogen and oxygen atoms in total. The zero-order valence-corrected chi connectivity index (χ0v) is 10.9. The molecule has 0 bridgehead atoms. The number of halogens is 3. The molecule has 0 radical (unpaired) electrons. The van der Waals surface area contributed by atoms with E-state index in [0.29, 0.717) is 12.2 Å². The molecule has 0 spiro atoms. The Kier molecular flexibility index (Phi) is 4.90. The minimum Gasteiger partial charge on any atom is -0.379 e. The topological polar surface area (TPSA) is 66.6 Å². The van der Waals surface area contributed by atoms with Crippen molar-refractivity contribution < 1.29 is 23.1 Å². The maximum absolute atomic E-state index is 12.6. The minimum absolute atomic E-state index is 0.109. The zero-order chi connectivity index (χ0) is 14.0. The molecule has 0 aliphatic carbocycles. The third-order valence-electron chi connectivity index (χ3n) is 3.04. The van der Waals surface area contributed by atoms with Crippen molar-refractivity contribution in [3.05, 3.63) is 0 Å². The van der Waals surface area contributed by atoms with E-state index in [-0.39, 0.29) is 6.54 Å². The summed E-state index contributed by atoms with van der Waals surface area (Å²) >= 11 is 1.51. The molecule has 1 heterocycles. The average Bonchev–Trinajstić information content (AvgIpc) is 2.68.